The number of hydrogen-bond donors (Lipinski definition) is 3. The van der Waals surface area contributed by atoms with Crippen LogP contribution in [0.3, 0.4) is 0 Å². The number of nitrogens with one attached hydrogen (secondary N) is 2. The number of carboxylic acids is 1. The van der Waals surface area contributed by atoms with Gasteiger partial charge in [-0.2, -0.15) is 0 Å². The van der Waals surface area contributed by atoms with Crippen LogP contribution in [0.5, 0.6) is 0 Å². The molecule has 0 aromatic carbocycles. The smallest absolute Gasteiger partial charge is 0.327 e. The van der Waals surface area contributed by atoms with Gasteiger partial charge in [-0.25, -0.2) is 4.79 Å². The van der Waals surface area contributed by atoms with Crippen molar-refractivity contribution < 1.29 is 14.7 Å². The van der Waals surface area contributed by atoms with Gasteiger partial charge >= 0.3 is 5.97 Å². The second-order valence-corrected chi connectivity index (χ2v) is 4.23. The van der Waals surface area contributed by atoms with Gasteiger partial charge in [-0.3, -0.25) is 9.78 Å². The van der Waals surface area contributed by atoms with Crippen molar-refractivity contribution in [2.45, 2.75) is 6.04 Å². The Morgan fingerprint density at radius 3 is 3.05 bits per heavy atom. The molecule has 1 aliphatic rings. The molecular formula is C12H16N4O3. The Kier molecular flexibility index (Phi) is 3.96. The molecule has 0 bridgehead atoms. The quantitative estimate of drug-likeness (QED) is 0.668. The molecule has 2 heterocycles. The fourth-order valence-electron chi connectivity index (χ4n) is 2.08. The van der Waals surface area contributed by atoms with E-state index >= 15 is 0 Å². The molecule has 1 atom stereocenters. The van der Waals surface area contributed by atoms with Crippen molar-refractivity contribution in [2.24, 2.45) is 0 Å². The van der Waals surface area contributed by atoms with Crippen LogP contribution in [0.4, 0.5) is 5.69 Å². The van der Waals surface area contributed by atoms with Gasteiger partial charge in [0, 0.05) is 38.6 Å². The number of aromatic nitrogens is 1. The maximum Gasteiger partial charge on any atom is 0.327 e. The number of piperazine rings is 1. The van der Waals surface area contributed by atoms with Crippen molar-refractivity contribution in [3.63, 3.8) is 0 Å². The van der Waals surface area contributed by atoms with Gasteiger partial charge in [-0.15, -0.1) is 0 Å². The summed E-state index contributed by atoms with van der Waals surface area (Å²) in [7, 11) is 1.53. The Balaban J connectivity index is 2.29. The second kappa shape index (κ2) is 5.66. The SMILES string of the molecule is CNC(=O)c1cc(N2CCNCC2C(=O)O)ccn1. The Hall–Kier alpha value is -2.15. The van der Waals surface area contributed by atoms with Crippen LogP contribution in [-0.2, 0) is 4.79 Å². The van der Waals surface area contributed by atoms with Gasteiger partial charge in [0.25, 0.3) is 5.91 Å². The van der Waals surface area contributed by atoms with Crippen LogP contribution in [0.15, 0.2) is 18.3 Å². The predicted octanol–water partition coefficient (Wildman–Crippen LogP) is -0.696. The summed E-state index contributed by atoms with van der Waals surface area (Å²) in [6, 6.07) is 2.70. The monoisotopic (exact) mass is 264 g/mol. The normalized spacial score (nSPS) is 19.0. The van der Waals surface area contributed by atoms with E-state index in [0.29, 0.717) is 25.3 Å². The number of rotatable bonds is 3. The number of aliphatic carboxylic acids is 1. The number of hydrogen-bond acceptors (Lipinski definition) is 5. The zero-order chi connectivity index (χ0) is 13.8. The first kappa shape index (κ1) is 13.3. The van der Waals surface area contributed by atoms with E-state index in [1.807, 2.05) is 0 Å². The van der Waals surface area contributed by atoms with E-state index in [2.05, 4.69) is 15.6 Å². The lowest BCUT2D eigenvalue weighted by molar-refractivity contribution is -0.138. The lowest BCUT2D eigenvalue weighted by atomic mass is 10.1. The number of pyridine rings is 1. The van der Waals surface area contributed by atoms with Crippen LogP contribution in [0.1, 0.15) is 10.5 Å². The summed E-state index contributed by atoms with van der Waals surface area (Å²) in [4.78, 5) is 28.5. The summed E-state index contributed by atoms with van der Waals surface area (Å²) < 4.78 is 0. The molecule has 1 aromatic rings. The minimum absolute atomic E-state index is 0.280. The zero-order valence-electron chi connectivity index (χ0n) is 10.6. The first-order chi connectivity index (χ1) is 9.13. The van der Waals surface area contributed by atoms with E-state index in [-0.39, 0.29) is 11.6 Å². The standard InChI is InChI=1S/C12H16N4O3/c1-13-11(17)9-6-8(2-3-15-9)16-5-4-14-7-10(16)12(18)19/h2-3,6,10,14H,4-5,7H2,1H3,(H,13,17)(H,18,19). The Labute approximate surface area is 110 Å². The van der Waals surface area contributed by atoms with Crippen molar-refractivity contribution in [3.8, 4) is 0 Å². The average molecular weight is 264 g/mol. The summed E-state index contributed by atoms with van der Waals surface area (Å²) >= 11 is 0. The highest BCUT2D eigenvalue weighted by Crippen LogP contribution is 2.19. The van der Waals surface area contributed by atoms with Crippen LogP contribution in [0.25, 0.3) is 0 Å². The van der Waals surface area contributed by atoms with Crippen LogP contribution in [0.2, 0.25) is 0 Å². The van der Waals surface area contributed by atoms with Crippen molar-refractivity contribution >= 4 is 17.6 Å². The molecule has 1 aliphatic heterocycles. The van der Waals surface area contributed by atoms with E-state index in [1.54, 1.807) is 17.0 Å². The summed E-state index contributed by atoms with van der Waals surface area (Å²) in [6.45, 7) is 1.67. The van der Waals surface area contributed by atoms with Gasteiger partial charge < -0.3 is 20.6 Å². The highest BCUT2D eigenvalue weighted by molar-refractivity contribution is 5.93. The van der Waals surface area contributed by atoms with Crippen molar-refractivity contribution in [2.75, 3.05) is 31.6 Å². The molecule has 7 nitrogen and oxygen atoms in total. The molecule has 7 heteroatoms. The minimum Gasteiger partial charge on any atom is -0.480 e. The highest BCUT2D eigenvalue weighted by atomic mass is 16.4. The van der Waals surface area contributed by atoms with Gasteiger partial charge in [0.05, 0.1) is 0 Å². The Bertz CT molecular complexity index is 492. The summed E-state index contributed by atoms with van der Waals surface area (Å²) in [5.74, 6) is -1.17. The molecule has 0 saturated carbocycles. The predicted molar refractivity (Wildman–Crippen MR) is 69.3 cm³/mol. The third-order valence-electron chi connectivity index (χ3n) is 3.06. The molecule has 1 saturated heterocycles. The largest absolute Gasteiger partial charge is 0.480 e. The Morgan fingerprint density at radius 1 is 1.58 bits per heavy atom. The van der Waals surface area contributed by atoms with Gasteiger partial charge in [-0.05, 0) is 12.1 Å². The molecule has 0 aliphatic carbocycles. The number of carbonyl (C=O) groups excluding carboxylic acids is 1. The second-order valence-electron chi connectivity index (χ2n) is 4.23. The molecule has 19 heavy (non-hydrogen) atoms. The van der Waals surface area contributed by atoms with E-state index in [1.165, 1.54) is 13.2 Å². The first-order valence-electron chi connectivity index (χ1n) is 6.02. The van der Waals surface area contributed by atoms with Crippen molar-refractivity contribution in [1.29, 1.82) is 0 Å². The average Bonchev–Trinajstić information content (AvgIpc) is 2.46. The van der Waals surface area contributed by atoms with Crippen LogP contribution in [-0.4, -0.2) is 54.7 Å². The third kappa shape index (κ3) is 2.82. The fraction of sp³-hybridized carbons (Fsp3) is 0.417. The minimum atomic E-state index is -0.884. The molecule has 2 rings (SSSR count). The molecule has 0 spiro atoms. The topological polar surface area (TPSA) is 94.6 Å². The molecular weight excluding hydrogens is 248 g/mol. The first-order valence-corrected chi connectivity index (χ1v) is 6.02. The third-order valence-corrected chi connectivity index (χ3v) is 3.06. The maximum atomic E-state index is 11.5. The maximum absolute atomic E-state index is 11.5. The van der Waals surface area contributed by atoms with Gasteiger partial charge in [0.2, 0.25) is 0 Å². The number of amides is 1. The summed E-state index contributed by atoms with van der Waals surface area (Å²) in [5.41, 5.74) is 0.977. The number of anilines is 1. The molecule has 1 aromatic heterocycles. The number of carbonyl (C=O) groups is 2. The number of nitrogens with zero attached hydrogens (tertiary/aromatic N) is 2. The molecule has 1 fully saturated rings. The van der Waals surface area contributed by atoms with Crippen LogP contribution >= 0.6 is 0 Å². The van der Waals surface area contributed by atoms with Crippen molar-refractivity contribution in [1.82, 2.24) is 15.6 Å². The lowest BCUT2D eigenvalue weighted by Gasteiger charge is -2.35. The summed E-state index contributed by atoms with van der Waals surface area (Å²) in [6.07, 6.45) is 1.51. The lowest BCUT2D eigenvalue weighted by Crippen LogP contribution is -2.55. The van der Waals surface area contributed by atoms with E-state index in [4.69, 9.17) is 0 Å². The van der Waals surface area contributed by atoms with Crippen LogP contribution < -0.4 is 15.5 Å². The van der Waals surface area contributed by atoms with Crippen LogP contribution in [0, 0.1) is 0 Å². The zero-order valence-corrected chi connectivity index (χ0v) is 10.6. The van der Waals surface area contributed by atoms with Gasteiger partial charge in [-0.1, -0.05) is 0 Å². The van der Waals surface area contributed by atoms with Gasteiger partial charge in [0.15, 0.2) is 0 Å². The number of carboxylic acid groups (broad SMARTS) is 1. The molecule has 0 radical (unpaired) electrons. The van der Waals surface area contributed by atoms with Gasteiger partial charge in [0.1, 0.15) is 11.7 Å². The van der Waals surface area contributed by atoms with E-state index in [0.717, 1.165) is 0 Å². The highest BCUT2D eigenvalue weighted by Gasteiger charge is 2.28. The molecule has 102 valence electrons. The van der Waals surface area contributed by atoms with Crippen molar-refractivity contribution in [3.05, 3.63) is 24.0 Å². The van der Waals surface area contributed by atoms with E-state index in [9.17, 15) is 14.7 Å². The van der Waals surface area contributed by atoms with E-state index < -0.39 is 12.0 Å². The molecule has 1 unspecified atom stereocenters. The fourth-order valence-corrected chi connectivity index (χ4v) is 2.08. The molecule has 1 amide bonds. The Morgan fingerprint density at radius 2 is 2.37 bits per heavy atom. The summed E-state index contributed by atoms with van der Waals surface area (Å²) in [5, 5.41) is 14.8. The molecule has 3 N–H and O–H groups in total.